The molecule has 2 aromatic rings. The van der Waals surface area contributed by atoms with Crippen LogP contribution in [0.2, 0.25) is 0 Å². The molecule has 1 aromatic carbocycles. The van der Waals surface area contributed by atoms with E-state index < -0.39 is 0 Å². The first-order chi connectivity index (χ1) is 12.6. The van der Waals surface area contributed by atoms with Crippen molar-refractivity contribution in [3.05, 3.63) is 29.8 Å². The average Bonchev–Trinajstić information content (AvgIpc) is 3.38. The number of aryl methyl sites for hydroxylation is 1. The second-order valence-electron chi connectivity index (χ2n) is 6.09. The topological polar surface area (TPSA) is 75.2 Å². The summed E-state index contributed by atoms with van der Waals surface area (Å²) in [4.78, 5) is 26.0. The van der Waals surface area contributed by atoms with Crippen molar-refractivity contribution in [1.82, 2.24) is 10.2 Å². The van der Waals surface area contributed by atoms with Crippen molar-refractivity contribution < 1.29 is 9.59 Å². The second-order valence-corrected chi connectivity index (χ2v) is 8.26. The Morgan fingerprint density at radius 2 is 1.96 bits per heavy atom. The van der Waals surface area contributed by atoms with Crippen LogP contribution in [0.5, 0.6) is 0 Å². The van der Waals surface area contributed by atoms with E-state index in [1.54, 1.807) is 4.90 Å². The molecule has 8 heteroatoms. The molecule has 3 rings (SSSR count). The molecule has 1 aliphatic rings. The minimum atomic E-state index is -0.0836. The summed E-state index contributed by atoms with van der Waals surface area (Å²) in [5, 5.41) is 11.8. The number of benzene rings is 1. The monoisotopic (exact) mass is 390 g/mol. The van der Waals surface area contributed by atoms with E-state index in [1.807, 2.05) is 31.2 Å². The summed E-state index contributed by atoms with van der Waals surface area (Å²) in [6.07, 6.45) is 3.47. The predicted octanol–water partition coefficient (Wildman–Crippen LogP) is 3.74. The summed E-state index contributed by atoms with van der Waals surface area (Å²) in [5.41, 5.74) is 2.03. The van der Waals surface area contributed by atoms with Gasteiger partial charge in [0.2, 0.25) is 16.9 Å². The number of carbonyl (C=O) groups is 2. The smallest absolute Gasteiger partial charge is 0.234 e. The standard InChI is InChI=1S/C18H22N4O2S2/c1-3-12-5-7-13(8-6-12)19-15(23)11-25-18-21-20-17(26-18)22(14-9-10-14)16(24)4-2/h5-8,14H,3-4,9-11H2,1-2H3,(H,19,23). The van der Waals surface area contributed by atoms with E-state index in [9.17, 15) is 9.59 Å². The first kappa shape index (κ1) is 18.8. The molecule has 0 spiro atoms. The summed E-state index contributed by atoms with van der Waals surface area (Å²) >= 11 is 2.71. The van der Waals surface area contributed by atoms with E-state index in [0.717, 1.165) is 24.9 Å². The third kappa shape index (κ3) is 4.82. The fourth-order valence-corrected chi connectivity index (χ4v) is 4.21. The second kappa shape index (κ2) is 8.64. The summed E-state index contributed by atoms with van der Waals surface area (Å²) in [5.74, 6) is 0.253. The Bertz CT molecular complexity index is 772. The zero-order chi connectivity index (χ0) is 18.5. The SMILES string of the molecule is CCC(=O)N(c1nnc(SCC(=O)Nc2ccc(CC)cc2)s1)C1CC1. The van der Waals surface area contributed by atoms with Gasteiger partial charge < -0.3 is 5.32 Å². The molecule has 1 aliphatic carbocycles. The molecule has 6 nitrogen and oxygen atoms in total. The zero-order valence-electron chi connectivity index (χ0n) is 14.9. The molecule has 1 heterocycles. The van der Waals surface area contributed by atoms with Crippen LogP contribution in [-0.2, 0) is 16.0 Å². The molecule has 1 N–H and O–H groups in total. The van der Waals surface area contributed by atoms with E-state index in [4.69, 9.17) is 0 Å². The largest absolute Gasteiger partial charge is 0.325 e. The summed E-state index contributed by atoms with van der Waals surface area (Å²) in [7, 11) is 0. The Balaban J connectivity index is 1.53. The molecule has 1 saturated carbocycles. The summed E-state index contributed by atoms with van der Waals surface area (Å²) in [6.45, 7) is 3.95. The molecule has 0 atom stereocenters. The van der Waals surface area contributed by atoms with Gasteiger partial charge in [-0.15, -0.1) is 10.2 Å². The van der Waals surface area contributed by atoms with Crippen LogP contribution in [0, 0.1) is 0 Å². The number of rotatable bonds is 8. The lowest BCUT2D eigenvalue weighted by molar-refractivity contribution is -0.118. The third-order valence-corrected chi connectivity index (χ3v) is 6.11. The van der Waals surface area contributed by atoms with Crippen LogP contribution in [0.3, 0.4) is 0 Å². The third-order valence-electron chi connectivity index (χ3n) is 4.06. The van der Waals surface area contributed by atoms with Crippen LogP contribution in [0.15, 0.2) is 28.6 Å². The first-order valence-corrected chi connectivity index (χ1v) is 10.6. The van der Waals surface area contributed by atoms with E-state index in [1.165, 1.54) is 28.7 Å². The number of nitrogens with zero attached hydrogens (tertiary/aromatic N) is 3. The maximum Gasteiger partial charge on any atom is 0.234 e. The number of amides is 2. The fourth-order valence-electron chi connectivity index (χ4n) is 2.48. The molecular weight excluding hydrogens is 368 g/mol. The van der Waals surface area contributed by atoms with Crippen LogP contribution < -0.4 is 10.2 Å². The molecular formula is C18H22N4O2S2. The van der Waals surface area contributed by atoms with E-state index in [2.05, 4.69) is 22.4 Å². The van der Waals surface area contributed by atoms with Crippen LogP contribution in [0.1, 0.15) is 38.7 Å². The van der Waals surface area contributed by atoms with Crippen molar-refractivity contribution in [2.45, 2.75) is 49.9 Å². The van der Waals surface area contributed by atoms with Gasteiger partial charge in [-0.25, -0.2) is 0 Å². The first-order valence-electron chi connectivity index (χ1n) is 8.77. The van der Waals surface area contributed by atoms with Gasteiger partial charge in [-0.05, 0) is 37.0 Å². The van der Waals surface area contributed by atoms with Crippen molar-refractivity contribution >= 4 is 45.7 Å². The minimum absolute atomic E-state index is 0.0773. The molecule has 138 valence electrons. The molecule has 1 aromatic heterocycles. The summed E-state index contributed by atoms with van der Waals surface area (Å²) in [6, 6.07) is 8.11. The van der Waals surface area contributed by atoms with Crippen LogP contribution in [0.4, 0.5) is 10.8 Å². The molecule has 0 bridgehead atoms. The van der Waals surface area contributed by atoms with Gasteiger partial charge in [0.1, 0.15) is 0 Å². The Morgan fingerprint density at radius 1 is 1.23 bits per heavy atom. The average molecular weight is 391 g/mol. The number of hydrogen-bond acceptors (Lipinski definition) is 6. The van der Waals surface area contributed by atoms with Gasteiger partial charge in [0.05, 0.1) is 5.75 Å². The normalized spacial score (nSPS) is 13.5. The van der Waals surface area contributed by atoms with Gasteiger partial charge in [0.25, 0.3) is 0 Å². The maximum absolute atomic E-state index is 12.1. The quantitative estimate of drug-likeness (QED) is 0.549. The van der Waals surface area contributed by atoms with Crippen LogP contribution in [0.25, 0.3) is 0 Å². The highest BCUT2D eigenvalue weighted by Crippen LogP contribution is 2.36. The molecule has 0 unspecified atom stereocenters. The lowest BCUT2D eigenvalue weighted by Crippen LogP contribution is -2.32. The van der Waals surface area contributed by atoms with E-state index in [-0.39, 0.29) is 23.6 Å². The highest BCUT2D eigenvalue weighted by molar-refractivity contribution is 8.01. The maximum atomic E-state index is 12.1. The zero-order valence-corrected chi connectivity index (χ0v) is 16.5. The van der Waals surface area contributed by atoms with Crippen molar-refractivity contribution in [2.24, 2.45) is 0 Å². The Hall–Kier alpha value is -1.93. The molecule has 26 heavy (non-hydrogen) atoms. The van der Waals surface area contributed by atoms with Crippen molar-refractivity contribution in [1.29, 1.82) is 0 Å². The number of nitrogens with one attached hydrogen (secondary N) is 1. The molecule has 0 aliphatic heterocycles. The lowest BCUT2D eigenvalue weighted by atomic mass is 10.1. The summed E-state index contributed by atoms with van der Waals surface area (Å²) < 4.78 is 0.700. The Kier molecular flexibility index (Phi) is 6.26. The molecule has 0 saturated heterocycles. The van der Waals surface area contributed by atoms with E-state index >= 15 is 0 Å². The fraction of sp³-hybridized carbons (Fsp3) is 0.444. The molecule has 1 fully saturated rings. The number of thioether (sulfide) groups is 1. The highest BCUT2D eigenvalue weighted by Gasteiger charge is 2.35. The Labute approximate surface area is 161 Å². The van der Waals surface area contributed by atoms with Gasteiger partial charge in [-0.2, -0.15) is 0 Å². The van der Waals surface area contributed by atoms with E-state index in [0.29, 0.717) is 15.9 Å². The highest BCUT2D eigenvalue weighted by atomic mass is 32.2. The van der Waals surface area contributed by atoms with Gasteiger partial charge in [0.15, 0.2) is 4.34 Å². The van der Waals surface area contributed by atoms with Crippen LogP contribution in [-0.4, -0.2) is 33.8 Å². The van der Waals surface area contributed by atoms with Gasteiger partial charge >= 0.3 is 0 Å². The number of aromatic nitrogens is 2. The minimum Gasteiger partial charge on any atom is -0.325 e. The van der Waals surface area contributed by atoms with Gasteiger partial charge in [-0.1, -0.05) is 49.1 Å². The van der Waals surface area contributed by atoms with Crippen molar-refractivity contribution in [3.8, 4) is 0 Å². The number of carbonyl (C=O) groups excluding carboxylic acids is 2. The predicted molar refractivity (Wildman–Crippen MR) is 106 cm³/mol. The van der Waals surface area contributed by atoms with Crippen LogP contribution >= 0.6 is 23.1 Å². The number of anilines is 2. The van der Waals surface area contributed by atoms with Crippen molar-refractivity contribution in [3.63, 3.8) is 0 Å². The molecule has 2 amide bonds. The van der Waals surface area contributed by atoms with Crippen molar-refractivity contribution in [2.75, 3.05) is 16.0 Å². The lowest BCUT2D eigenvalue weighted by Gasteiger charge is -2.17. The molecule has 0 radical (unpaired) electrons. The van der Waals surface area contributed by atoms with Gasteiger partial charge in [-0.3, -0.25) is 14.5 Å². The Morgan fingerprint density at radius 3 is 2.58 bits per heavy atom. The van der Waals surface area contributed by atoms with Gasteiger partial charge in [0, 0.05) is 18.2 Å². The number of hydrogen-bond donors (Lipinski definition) is 1.